The van der Waals surface area contributed by atoms with Crippen LogP contribution in [0.4, 0.5) is 5.69 Å². The Morgan fingerprint density at radius 1 is 0.857 bits per heavy atom. The highest BCUT2D eigenvalue weighted by Gasteiger charge is 2.35. The second-order valence-electron chi connectivity index (χ2n) is 11.0. The van der Waals surface area contributed by atoms with Gasteiger partial charge in [0.05, 0.1) is 10.6 Å². The van der Waals surface area contributed by atoms with E-state index in [1.54, 1.807) is 47.4 Å². The molecule has 1 aliphatic rings. The van der Waals surface area contributed by atoms with E-state index in [0.717, 1.165) is 42.4 Å². The predicted molar refractivity (Wildman–Crippen MR) is 168 cm³/mol. The van der Waals surface area contributed by atoms with E-state index in [0.29, 0.717) is 18.5 Å². The Morgan fingerprint density at radius 2 is 1.48 bits per heavy atom. The summed E-state index contributed by atoms with van der Waals surface area (Å²) in [7, 11) is -4.09. The fraction of sp³-hybridized carbons (Fsp3) is 0.412. The number of nitrogens with zero attached hydrogens (tertiary/aromatic N) is 2. The van der Waals surface area contributed by atoms with E-state index >= 15 is 0 Å². The van der Waals surface area contributed by atoms with E-state index in [2.05, 4.69) is 5.32 Å². The quantitative estimate of drug-likeness (QED) is 0.280. The zero-order valence-corrected chi connectivity index (χ0v) is 25.8. The van der Waals surface area contributed by atoms with Gasteiger partial charge < -0.3 is 10.2 Å². The summed E-state index contributed by atoms with van der Waals surface area (Å²) in [5, 5.41) is 3.20. The van der Waals surface area contributed by atoms with Gasteiger partial charge in [0.15, 0.2) is 0 Å². The van der Waals surface area contributed by atoms with Crippen LogP contribution in [-0.2, 0) is 32.6 Å². The highest BCUT2D eigenvalue weighted by atomic mass is 32.2. The monoisotopic (exact) mass is 589 g/mol. The molecule has 4 rings (SSSR count). The van der Waals surface area contributed by atoms with E-state index in [-0.39, 0.29) is 23.4 Å². The molecule has 1 N–H and O–H groups in total. The van der Waals surface area contributed by atoms with Crippen molar-refractivity contribution in [3.05, 3.63) is 95.6 Å². The van der Waals surface area contributed by atoms with Crippen LogP contribution in [0, 0.1) is 6.92 Å². The lowest BCUT2D eigenvalue weighted by molar-refractivity contribution is -0.140. The number of aryl methyl sites for hydroxylation is 2. The largest absolute Gasteiger partial charge is 0.352 e. The van der Waals surface area contributed by atoms with Gasteiger partial charge in [0.1, 0.15) is 12.6 Å². The van der Waals surface area contributed by atoms with Crippen LogP contribution < -0.4 is 9.62 Å². The summed E-state index contributed by atoms with van der Waals surface area (Å²) in [6.45, 7) is 5.62. The number of hydrogen-bond donors (Lipinski definition) is 1. The van der Waals surface area contributed by atoms with Gasteiger partial charge in [-0.05, 0) is 67.5 Å². The molecule has 1 aliphatic carbocycles. The lowest BCUT2D eigenvalue weighted by Crippen LogP contribution is -2.54. The number of nitrogens with one attached hydrogen (secondary N) is 1. The minimum absolute atomic E-state index is 0.0992. The molecular weight excluding hydrogens is 546 g/mol. The van der Waals surface area contributed by atoms with Gasteiger partial charge in [0.25, 0.3) is 10.0 Å². The summed E-state index contributed by atoms with van der Waals surface area (Å²) >= 11 is 0. The van der Waals surface area contributed by atoms with Crippen molar-refractivity contribution in [3.63, 3.8) is 0 Å². The van der Waals surface area contributed by atoms with Crippen LogP contribution in [0.25, 0.3) is 0 Å². The van der Waals surface area contributed by atoms with E-state index in [1.165, 1.54) is 10.7 Å². The van der Waals surface area contributed by atoms with Crippen molar-refractivity contribution in [2.75, 3.05) is 10.8 Å². The molecule has 0 bridgehead atoms. The maximum absolute atomic E-state index is 14.4. The van der Waals surface area contributed by atoms with Crippen molar-refractivity contribution < 1.29 is 18.0 Å². The van der Waals surface area contributed by atoms with Crippen molar-refractivity contribution in [2.24, 2.45) is 0 Å². The minimum atomic E-state index is -4.09. The normalized spacial score (nSPS) is 14.6. The zero-order chi connectivity index (χ0) is 30.1. The van der Waals surface area contributed by atoms with E-state index in [9.17, 15) is 18.0 Å². The summed E-state index contributed by atoms with van der Waals surface area (Å²) in [4.78, 5) is 29.7. The van der Waals surface area contributed by atoms with Gasteiger partial charge in [0.2, 0.25) is 11.8 Å². The first-order valence-electron chi connectivity index (χ1n) is 15.1. The Hall–Kier alpha value is -3.65. The van der Waals surface area contributed by atoms with Crippen LogP contribution in [-0.4, -0.2) is 43.8 Å². The molecule has 0 spiro atoms. The highest BCUT2D eigenvalue weighted by Crippen LogP contribution is 2.28. The van der Waals surface area contributed by atoms with Gasteiger partial charge in [-0.25, -0.2) is 8.42 Å². The molecule has 1 fully saturated rings. The summed E-state index contributed by atoms with van der Waals surface area (Å²) in [5.41, 5.74) is 3.20. The Morgan fingerprint density at radius 3 is 2.12 bits per heavy atom. The first kappa shape index (κ1) is 31.3. The third-order valence-corrected chi connectivity index (χ3v) is 9.96. The smallest absolute Gasteiger partial charge is 0.264 e. The molecule has 1 atom stereocenters. The van der Waals surface area contributed by atoms with Gasteiger partial charge in [-0.15, -0.1) is 0 Å². The number of anilines is 1. The third kappa shape index (κ3) is 7.40. The molecule has 0 aliphatic heterocycles. The molecule has 0 saturated heterocycles. The first-order chi connectivity index (χ1) is 20.3. The van der Waals surface area contributed by atoms with Crippen molar-refractivity contribution in [1.29, 1.82) is 0 Å². The molecule has 8 heteroatoms. The first-order valence-corrected chi connectivity index (χ1v) is 16.5. The Balaban J connectivity index is 1.73. The van der Waals surface area contributed by atoms with Crippen LogP contribution in [0.2, 0.25) is 0 Å². The molecule has 0 heterocycles. The maximum atomic E-state index is 14.4. The van der Waals surface area contributed by atoms with E-state index in [4.69, 9.17) is 0 Å². The molecule has 3 aromatic rings. The van der Waals surface area contributed by atoms with Crippen molar-refractivity contribution in [1.82, 2.24) is 10.2 Å². The fourth-order valence-corrected chi connectivity index (χ4v) is 7.19. The number of hydrogen-bond acceptors (Lipinski definition) is 4. The molecule has 0 radical (unpaired) electrons. The van der Waals surface area contributed by atoms with Crippen LogP contribution in [0.3, 0.4) is 0 Å². The van der Waals surface area contributed by atoms with Gasteiger partial charge in [-0.1, -0.05) is 93.8 Å². The van der Waals surface area contributed by atoms with Gasteiger partial charge in [-0.2, -0.15) is 0 Å². The maximum Gasteiger partial charge on any atom is 0.264 e. The topological polar surface area (TPSA) is 86.8 Å². The summed E-state index contributed by atoms with van der Waals surface area (Å²) in [6.07, 6.45) is 6.21. The van der Waals surface area contributed by atoms with Crippen LogP contribution in [0.1, 0.15) is 69.1 Å². The molecule has 0 aromatic heterocycles. The molecule has 2 amide bonds. The summed E-state index contributed by atoms with van der Waals surface area (Å²) in [6, 6.07) is 22.6. The average molecular weight is 590 g/mol. The summed E-state index contributed by atoms with van der Waals surface area (Å²) in [5.74, 6) is -0.605. The lowest BCUT2D eigenvalue weighted by Gasteiger charge is -2.35. The van der Waals surface area contributed by atoms with Gasteiger partial charge >= 0.3 is 0 Å². The highest BCUT2D eigenvalue weighted by molar-refractivity contribution is 7.92. The Labute approximate surface area is 251 Å². The molecular formula is C34H43N3O4S. The number of rotatable bonds is 12. The van der Waals surface area contributed by atoms with Gasteiger partial charge in [-0.3, -0.25) is 13.9 Å². The molecule has 42 heavy (non-hydrogen) atoms. The summed E-state index contributed by atoms with van der Waals surface area (Å²) < 4.78 is 29.4. The molecule has 7 nitrogen and oxygen atoms in total. The van der Waals surface area contributed by atoms with E-state index in [1.807, 2.05) is 57.2 Å². The average Bonchev–Trinajstić information content (AvgIpc) is 3.01. The fourth-order valence-electron chi connectivity index (χ4n) is 5.72. The Kier molecular flexibility index (Phi) is 10.8. The van der Waals surface area contributed by atoms with Crippen molar-refractivity contribution in [2.45, 2.75) is 89.2 Å². The standard InChI is InChI=1S/C34H43N3O4S/c1-4-27-17-14-15-23-32(27)37(42(40,41)30-21-10-7-11-22-30)25-33(38)36(24-28-18-13-12-16-26(28)3)31(5-2)34(39)35-29-19-8-6-9-20-29/h7,10-18,21-23,29,31H,4-6,8-9,19-20,24-25H2,1-3H3,(H,35,39). The molecule has 3 aromatic carbocycles. The zero-order valence-electron chi connectivity index (χ0n) is 25.0. The van der Waals surface area contributed by atoms with E-state index < -0.39 is 28.5 Å². The van der Waals surface area contributed by atoms with Crippen LogP contribution >= 0.6 is 0 Å². The van der Waals surface area contributed by atoms with Crippen molar-refractivity contribution >= 4 is 27.5 Å². The Bertz CT molecular complexity index is 1450. The number of carbonyl (C=O) groups excluding carboxylic acids is 2. The third-order valence-electron chi connectivity index (χ3n) is 8.19. The molecule has 224 valence electrons. The minimum Gasteiger partial charge on any atom is -0.352 e. The van der Waals surface area contributed by atoms with Crippen molar-refractivity contribution in [3.8, 4) is 0 Å². The van der Waals surface area contributed by atoms with Crippen LogP contribution in [0.15, 0.2) is 83.8 Å². The number of para-hydroxylation sites is 1. The lowest BCUT2D eigenvalue weighted by atomic mass is 9.95. The number of carbonyl (C=O) groups is 2. The second-order valence-corrected chi connectivity index (χ2v) is 12.9. The van der Waals surface area contributed by atoms with Gasteiger partial charge in [0, 0.05) is 12.6 Å². The predicted octanol–water partition coefficient (Wildman–Crippen LogP) is 6.01. The van der Waals surface area contributed by atoms with Crippen LogP contribution in [0.5, 0.6) is 0 Å². The molecule has 1 unspecified atom stereocenters. The number of sulfonamides is 1. The second kappa shape index (κ2) is 14.5. The number of benzene rings is 3. The SMILES string of the molecule is CCc1ccccc1N(CC(=O)N(Cc1ccccc1C)C(CC)C(=O)NC1CCCCC1)S(=O)(=O)c1ccccc1. The molecule has 1 saturated carbocycles. The number of amides is 2.